The van der Waals surface area contributed by atoms with Crippen molar-refractivity contribution in [3.8, 4) is 23.6 Å². The van der Waals surface area contributed by atoms with Crippen LogP contribution < -0.4 is 14.4 Å². The van der Waals surface area contributed by atoms with E-state index in [1.807, 2.05) is 53.5 Å². The van der Waals surface area contributed by atoms with Crippen LogP contribution >= 0.6 is 15.9 Å². The Labute approximate surface area is 218 Å². The monoisotopic (exact) mass is 539 g/mol. The largest absolute Gasteiger partial charge is 0.497 e. The van der Waals surface area contributed by atoms with Gasteiger partial charge < -0.3 is 14.4 Å². The standard InChI is InChI=1S/C29H22BrN3O3/c1-35-22-10-6-18(7-11-22)28(34)27-26(20-4-3-5-23(15-20)36-2)29(16-31,17-32)25-13-8-19-14-21(30)9-12-24(19)33(25)27/h3-15,25-27H,1-2H3/t25-,26-,27-/m0/s1. The number of Topliss-reactive ketones (excluding diaryl/α,β-unsaturated/α-hetero) is 1. The summed E-state index contributed by atoms with van der Waals surface area (Å²) >= 11 is 3.52. The predicted molar refractivity (Wildman–Crippen MR) is 140 cm³/mol. The number of carbonyl (C=O) groups excluding carboxylic acids is 1. The lowest BCUT2D eigenvalue weighted by Gasteiger charge is -2.35. The number of fused-ring (bicyclic) bond motifs is 3. The van der Waals surface area contributed by atoms with E-state index in [4.69, 9.17) is 9.47 Å². The Bertz CT molecular complexity index is 1440. The van der Waals surface area contributed by atoms with Crippen LogP contribution in [0.4, 0.5) is 5.69 Å². The van der Waals surface area contributed by atoms with Crippen LogP contribution in [-0.2, 0) is 0 Å². The number of hydrogen-bond donors (Lipinski definition) is 0. The van der Waals surface area contributed by atoms with Gasteiger partial charge in [0.15, 0.2) is 11.2 Å². The molecule has 5 rings (SSSR count). The lowest BCUT2D eigenvalue weighted by molar-refractivity contribution is 0.0951. The Balaban J connectivity index is 1.77. The molecular formula is C29H22BrN3O3. The molecule has 7 heteroatoms. The van der Waals surface area contributed by atoms with Crippen molar-refractivity contribution in [2.75, 3.05) is 19.1 Å². The highest BCUT2D eigenvalue weighted by Crippen LogP contribution is 2.56. The minimum absolute atomic E-state index is 0.174. The maximum absolute atomic E-state index is 14.3. The normalized spacial score (nSPS) is 21.0. The third-order valence-electron chi connectivity index (χ3n) is 7.06. The zero-order valence-electron chi connectivity index (χ0n) is 19.7. The van der Waals surface area contributed by atoms with E-state index >= 15 is 0 Å². The van der Waals surface area contributed by atoms with Crippen LogP contribution in [0.1, 0.15) is 27.4 Å². The van der Waals surface area contributed by atoms with Crippen LogP contribution in [0, 0.1) is 28.1 Å². The first-order valence-electron chi connectivity index (χ1n) is 11.4. The van der Waals surface area contributed by atoms with Gasteiger partial charge in [-0.1, -0.05) is 40.2 Å². The molecule has 2 aliphatic heterocycles. The molecule has 3 atom stereocenters. The van der Waals surface area contributed by atoms with E-state index < -0.39 is 23.4 Å². The second-order valence-electron chi connectivity index (χ2n) is 8.80. The molecule has 1 saturated heterocycles. The molecule has 0 unspecified atom stereocenters. The summed E-state index contributed by atoms with van der Waals surface area (Å²) in [7, 11) is 3.14. The number of ketones is 1. The summed E-state index contributed by atoms with van der Waals surface area (Å²) in [5.41, 5.74) is 1.38. The van der Waals surface area contributed by atoms with E-state index in [1.165, 1.54) is 0 Å². The highest BCUT2D eigenvalue weighted by molar-refractivity contribution is 9.10. The average molecular weight is 540 g/mol. The number of anilines is 1. The fourth-order valence-corrected chi connectivity index (χ4v) is 5.78. The second kappa shape index (κ2) is 9.18. The molecule has 0 spiro atoms. The minimum atomic E-state index is -1.51. The van der Waals surface area contributed by atoms with Crippen molar-refractivity contribution in [1.29, 1.82) is 10.5 Å². The van der Waals surface area contributed by atoms with Crippen LogP contribution in [0.5, 0.6) is 11.5 Å². The summed E-state index contributed by atoms with van der Waals surface area (Å²) in [6.45, 7) is 0. The molecule has 0 radical (unpaired) electrons. The Kier molecular flexibility index (Phi) is 6.04. The lowest BCUT2D eigenvalue weighted by Crippen LogP contribution is -2.44. The number of methoxy groups -OCH3 is 2. The van der Waals surface area contributed by atoms with Crippen molar-refractivity contribution < 1.29 is 14.3 Å². The molecule has 0 amide bonds. The number of rotatable bonds is 5. The molecule has 1 fully saturated rings. The van der Waals surface area contributed by atoms with Crippen LogP contribution in [0.2, 0.25) is 0 Å². The van der Waals surface area contributed by atoms with Gasteiger partial charge in [-0.15, -0.1) is 0 Å². The van der Waals surface area contributed by atoms with E-state index in [1.54, 1.807) is 44.6 Å². The topological polar surface area (TPSA) is 86.3 Å². The molecule has 2 aliphatic rings. The second-order valence-corrected chi connectivity index (χ2v) is 9.71. The van der Waals surface area contributed by atoms with Crippen LogP contribution in [-0.4, -0.2) is 32.1 Å². The van der Waals surface area contributed by atoms with Gasteiger partial charge in [0.05, 0.1) is 32.4 Å². The number of ether oxygens (including phenoxy) is 2. The van der Waals surface area contributed by atoms with Crippen LogP contribution in [0.15, 0.2) is 77.3 Å². The number of nitrogens with zero attached hydrogens (tertiary/aromatic N) is 3. The SMILES string of the molecule is COc1ccc(C(=O)[C@@H]2[C@H](c3cccc(OC)c3)C(C#N)(C#N)[C@@H]3C=Cc4cc(Br)ccc4N23)cc1. The molecule has 0 saturated carbocycles. The van der Waals surface area contributed by atoms with Gasteiger partial charge in [0.2, 0.25) is 0 Å². The number of nitriles is 2. The van der Waals surface area contributed by atoms with E-state index in [9.17, 15) is 15.3 Å². The Morgan fingerprint density at radius 2 is 1.69 bits per heavy atom. The minimum Gasteiger partial charge on any atom is -0.497 e. The first kappa shape index (κ1) is 23.7. The Morgan fingerprint density at radius 3 is 2.36 bits per heavy atom. The number of carbonyl (C=O) groups is 1. The van der Waals surface area contributed by atoms with Crippen molar-refractivity contribution in [3.63, 3.8) is 0 Å². The maximum atomic E-state index is 14.3. The first-order valence-corrected chi connectivity index (χ1v) is 12.2. The van der Waals surface area contributed by atoms with Crippen molar-refractivity contribution in [2.45, 2.75) is 18.0 Å². The van der Waals surface area contributed by atoms with Crippen LogP contribution in [0.3, 0.4) is 0 Å². The summed E-state index contributed by atoms with van der Waals surface area (Å²) in [5.74, 6) is 0.325. The lowest BCUT2D eigenvalue weighted by atomic mass is 9.69. The number of benzene rings is 3. The summed E-state index contributed by atoms with van der Waals surface area (Å²) < 4.78 is 11.6. The van der Waals surface area contributed by atoms with Crippen LogP contribution in [0.25, 0.3) is 6.08 Å². The summed E-state index contributed by atoms with van der Waals surface area (Å²) in [5, 5.41) is 21.1. The molecule has 2 heterocycles. The number of hydrogen-bond acceptors (Lipinski definition) is 6. The molecule has 0 aromatic heterocycles. The average Bonchev–Trinajstić information content (AvgIpc) is 3.23. The quantitative estimate of drug-likeness (QED) is 0.383. The third-order valence-corrected chi connectivity index (χ3v) is 7.56. The van der Waals surface area contributed by atoms with Gasteiger partial charge in [-0.3, -0.25) is 4.79 Å². The van der Waals surface area contributed by atoms with E-state index in [2.05, 4.69) is 28.1 Å². The van der Waals surface area contributed by atoms with Gasteiger partial charge in [0.25, 0.3) is 0 Å². The summed E-state index contributed by atoms with van der Waals surface area (Å²) in [6.07, 6.45) is 3.79. The Morgan fingerprint density at radius 1 is 0.972 bits per heavy atom. The predicted octanol–water partition coefficient (Wildman–Crippen LogP) is 5.75. The zero-order chi connectivity index (χ0) is 25.4. The van der Waals surface area contributed by atoms with Crippen molar-refractivity contribution in [3.05, 3.63) is 94.0 Å². The highest BCUT2D eigenvalue weighted by atomic mass is 79.9. The van der Waals surface area contributed by atoms with Gasteiger partial charge in [0, 0.05) is 21.6 Å². The van der Waals surface area contributed by atoms with Gasteiger partial charge in [-0.25, -0.2) is 0 Å². The fourth-order valence-electron chi connectivity index (χ4n) is 5.40. The molecule has 0 N–H and O–H groups in total. The highest BCUT2D eigenvalue weighted by Gasteiger charge is 2.63. The molecule has 36 heavy (non-hydrogen) atoms. The molecular weight excluding hydrogens is 518 g/mol. The first-order chi connectivity index (χ1) is 17.5. The Hall–Kier alpha value is -4.07. The number of halogens is 1. The molecule has 0 bridgehead atoms. The van der Waals surface area contributed by atoms with Gasteiger partial charge >= 0.3 is 0 Å². The van der Waals surface area contributed by atoms with Gasteiger partial charge in [-0.05, 0) is 65.7 Å². The molecule has 0 aliphatic carbocycles. The van der Waals surface area contributed by atoms with E-state index in [-0.39, 0.29) is 5.78 Å². The van der Waals surface area contributed by atoms with Crippen molar-refractivity contribution in [1.82, 2.24) is 0 Å². The third kappa shape index (κ3) is 3.56. The maximum Gasteiger partial charge on any atom is 0.185 e. The summed E-state index contributed by atoms with van der Waals surface area (Å²) in [6, 6.07) is 23.3. The van der Waals surface area contributed by atoms with Gasteiger partial charge in [-0.2, -0.15) is 10.5 Å². The molecule has 3 aromatic carbocycles. The molecule has 178 valence electrons. The van der Waals surface area contributed by atoms with E-state index in [0.717, 1.165) is 15.7 Å². The van der Waals surface area contributed by atoms with Crippen molar-refractivity contribution >= 4 is 33.5 Å². The fraction of sp³-hybridized carbons (Fsp3) is 0.207. The summed E-state index contributed by atoms with van der Waals surface area (Å²) in [4.78, 5) is 16.2. The molecule has 3 aromatic rings. The zero-order valence-corrected chi connectivity index (χ0v) is 21.3. The molecule has 6 nitrogen and oxygen atoms in total. The van der Waals surface area contributed by atoms with Gasteiger partial charge in [0.1, 0.15) is 17.5 Å². The smallest absolute Gasteiger partial charge is 0.185 e. The van der Waals surface area contributed by atoms with E-state index in [0.29, 0.717) is 22.6 Å². The van der Waals surface area contributed by atoms with Crippen molar-refractivity contribution in [2.24, 2.45) is 5.41 Å².